The van der Waals surface area contributed by atoms with Crippen LogP contribution in [0.3, 0.4) is 0 Å². The van der Waals surface area contributed by atoms with Gasteiger partial charge in [-0.25, -0.2) is 0 Å². The number of amides is 1. The number of fused-ring (bicyclic) bond motifs is 3. The zero-order valence-corrected chi connectivity index (χ0v) is 24.6. The van der Waals surface area contributed by atoms with Gasteiger partial charge in [0.25, 0.3) is 0 Å². The lowest BCUT2D eigenvalue weighted by Crippen LogP contribution is -2.63. The molecule has 6 rings (SSSR count). The molecule has 10 nitrogen and oxygen atoms in total. The molecule has 4 aliphatic rings. The Morgan fingerprint density at radius 1 is 1.16 bits per heavy atom. The van der Waals surface area contributed by atoms with Crippen molar-refractivity contribution in [2.75, 3.05) is 32.1 Å². The molecule has 2 aromatic rings. The number of nitrogens with one attached hydrogen (secondary N) is 1. The zero-order chi connectivity index (χ0) is 30.3. The van der Waals surface area contributed by atoms with E-state index in [-0.39, 0.29) is 30.6 Å². The Bertz CT molecular complexity index is 1350. The average molecular weight is 593 g/mol. The van der Waals surface area contributed by atoms with Crippen molar-refractivity contribution >= 4 is 17.4 Å². The maximum Gasteiger partial charge on any atom is 0.250 e. The van der Waals surface area contributed by atoms with Crippen LogP contribution in [-0.2, 0) is 29.3 Å². The standard InChI is InChI=1S/C33H40N2O8/c1-4-8-27-41-18-26-31(43-27)30(38)29(37)25(42-26)16-24(36)28-21(19-11-13-20(14-12-19)40-15-5-2)17-35(3)33(28)22-9-6-7-10-23(22)34-32(33)39/h5-7,9-14,21,25-31,37-38H,2,4,8,15-18H2,1,3H3,(H,34,39)/t21-,25+,26-,27?,28+,29+,30-,31-,33-/m1/s1. The molecule has 0 bridgehead atoms. The minimum atomic E-state index is -1.34. The fraction of sp³-hybridized carbons (Fsp3) is 0.515. The van der Waals surface area contributed by atoms with Gasteiger partial charge < -0.3 is 34.5 Å². The van der Waals surface area contributed by atoms with E-state index in [4.69, 9.17) is 18.9 Å². The van der Waals surface area contributed by atoms with Gasteiger partial charge in [-0.1, -0.05) is 56.3 Å². The number of Topliss-reactive ketones (excluding diaryl/α,β-unsaturated/α-hetero) is 1. The summed E-state index contributed by atoms with van der Waals surface area (Å²) >= 11 is 0. The molecule has 1 amide bonds. The van der Waals surface area contributed by atoms with E-state index in [9.17, 15) is 19.8 Å². The molecule has 4 aliphatic heterocycles. The Labute approximate surface area is 251 Å². The molecule has 1 spiro atoms. The van der Waals surface area contributed by atoms with E-state index in [0.29, 0.717) is 31.0 Å². The number of likely N-dealkylation sites (N-methyl/N-ethyl adjacent to an activating group) is 1. The number of carbonyl (C=O) groups excluding carboxylic acids is 2. The van der Waals surface area contributed by atoms with Crippen molar-refractivity contribution in [3.63, 3.8) is 0 Å². The van der Waals surface area contributed by atoms with Crippen molar-refractivity contribution in [3.8, 4) is 5.75 Å². The summed E-state index contributed by atoms with van der Waals surface area (Å²) in [7, 11) is 1.87. The molecular formula is C33H40N2O8. The number of ketones is 1. The highest BCUT2D eigenvalue weighted by Crippen LogP contribution is 2.55. The van der Waals surface area contributed by atoms with Gasteiger partial charge in [0.05, 0.1) is 18.6 Å². The zero-order valence-electron chi connectivity index (χ0n) is 24.6. The highest BCUT2D eigenvalue weighted by Gasteiger charge is 2.64. The van der Waals surface area contributed by atoms with Gasteiger partial charge in [-0.05, 0) is 37.2 Å². The molecule has 3 N–H and O–H groups in total. The van der Waals surface area contributed by atoms with Gasteiger partial charge in [0.1, 0.15) is 48.1 Å². The van der Waals surface area contributed by atoms with Gasteiger partial charge in [-0.3, -0.25) is 14.5 Å². The summed E-state index contributed by atoms with van der Waals surface area (Å²) in [6.45, 7) is 6.72. The summed E-state index contributed by atoms with van der Waals surface area (Å²) in [5.74, 6) is -0.942. The Kier molecular flexibility index (Phi) is 8.43. The first-order chi connectivity index (χ1) is 20.8. The third kappa shape index (κ3) is 5.09. The molecule has 0 aromatic heterocycles. The number of hydrogen-bond donors (Lipinski definition) is 3. The van der Waals surface area contributed by atoms with Crippen LogP contribution in [0, 0.1) is 5.92 Å². The summed E-state index contributed by atoms with van der Waals surface area (Å²) < 4.78 is 23.5. The Morgan fingerprint density at radius 2 is 1.93 bits per heavy atom. The van der Waals surface area contributed by atoms with Crippen LogP contribution >= 0.6 is 0 Å². The highest BCUT2D eigenvalue weighted by molar-refractivity contribution is 6.09. The molecule has 10 heteroatoms. The minimum Gasteiger partial charge on any atom is -0.490 e. The number of ether oxygens (including phenoxy) is 4. The number of anilines is 1. The number of aliphatic hydroxyl groups is 2. The van der Waals surface area contributed by atoms with Crippen molar-refractivity contribution < 1.29 is 38.7 Å². The van der Waals surface area contributed by atoms with Crippen LogP contribution in [-0.4, -0.2) is 90.4 Å². The molecule has 4 heterocycles. The van der Waals surface area contributed by atoms with E-state index in [1.54, 1.807) is 6.08 Å². The van der Waals surface area contributed by atoms with Crippen LogP contribution in [0.5, 0.6) is 5.75 Å². The van der Waals surface area contributed by atoms with E-state index in [1.807, 2.05) is 67.4 Å². The summed E-state index contributed by atoms with van der Waals surface area (Å²) in [6.07, 6.45) is -2.43. The van der Waals surface area contributed by atoms with Crippen molar-refractivity contribution in [2.45, 2.75) is 74.5 Å². The lowest BCUT2D eigenvalue weighted by Gasteiger charge is -2.47. The fourth-order valence-corrected chi connectivity index (χ4v) is 7.36. The number of aliphatic hydroxyl groups excluding tert-OH is 2. The van der Waals surface area contributed by atoms with Gasteiger partial charge in [-0.15, -0.1) is 0 Å². The van der Waals surface area contributed by atoms with E-state index >= 15 is 0 Å². The Hall–Kier alpha value is -3.12. The number of benzene rings is 2. The molecular weight excluding hydrogens is 552 g/mol. The number of para-hydroxylation sites is 1. The number of carbonyl (C=O) groups is 2. The smallest absolute Gasteiger partial charge is 0.250 e. The minimum absolute atomic E-state index is 0.188. The Morgan fingerprint density at radius 3 is 2.67 bits per heavy atom. The topological polar surface area (TPSA) is 127 Å². The van der Waals surface area contributed by atoms with Crippen molar-refractivity contribution in [1.29, 1.82) is 0 Å². The van der Waals surface area contributed by atoms with E-state index < -0.39 is 48.3 Å². The third-order valence-corrected chi connectivity index (χ3v) is 9.35. The van der Waals surface area contributed by atoms with Crippen LogP contribution in [0.2, 0.25) is 0 Å². The second-order valence-electron chi connectivity index (χ2n) is 11.9. The molecule has 0 saturated carbocycles. The predicted octanol–water partition coefficient (Wildman–Crippen LogP) is 2.73. The summed E-state index contributed by atoms with van der Waals surface area (Å²) in [4.78, 5) is 30.4. The highest BCUT2D eigenvalue weighted by atomic mass is 16.7. The lowest BCUT2D eigenvalue weighted by molar-refractivity contribution is -0.325. The van der Waals surface area contributed by atoms with Gasteiger partial charge in [0.15, 0.2) is 6.29 Å². The van der Waals surface area contributed by atoms with Gasteiger partial charge >= 0.3 is 0 Å². The van der Waals surface area contributed by atoms with E-state index in [2.05, 4.69) is 11.9 Å². The number of likely N-dealkylation sites (tertiary alicyclic amines) is 1. The summed E-state index contributed by atoms with van der Waals surface area (Å²) in [5.41, 5.74) is 1.07. The summed E-state index contributed by atoms with van der Waals surface area (Å²) in [5, 5.41) is 25.2. The molecule has 2 aromatic carbocycles. The van der Waals surface area contributed by atoms with Crippen LogP contribution in [0.4, 0.5) is 5.69 Å². The van der Waals surface area contributed by atoms with Crippen LogP contribution in [0.25, 0.3) is 0 Å². The third-order valence-electron chi connectivity index (χ3n) is 9.35. The fourth-order valence-electron chi connectivity index (χ4n) is 7.36. The maximum absolute atomic E-state index is 14.5. The first-order valence-corrected chi connectivity index (χ1v) is 15.1. The normalized spacial score (nSPS) is 35.3. The second kappa shape index (κ2) is 12.1. The van der Waals surface area contributed by atoms with Gasteiger partial charge in [-0.2, -0.15) is 0 Å². The lowest BCUT2D eigenvalue weighted by atomic mass is 9.70. The van der Waals surface area contributed by atoms with Crippen LogP contribution < -0.4 is 10.1 Å². The first-order valence-electron chi connectivity index (χ1n) is 15.1. The first kappa shape index (κ1) is 29.9. The van der Waals surface area contributed by atoms with Crippen molar-refractivity contribution in [2.24, 2.45) is 5.92 Å². The predicted molar refractivity (Wildman–Crippen MR) is 158 cm³/mol. The van der Waals surface area contributed by atoms with E-state index in [1.165, 1.54) is 0 Å². The molecule has 230 valence electrons. The van der Waals surface area contributed by atoms with Crippen molar-refractivity contribution in [3.05, 3.63) is 72.3 Å². The van der Waals surface area contributed by atoms with Gasteiger partial charge in [0, 0.05) is 30.1 Å². The molecule has 3 fully saturated rings. The number of rotatable bonds is 9. The van der Waals surface area contributed by atoms with Crippen molar-refractivity contribution in [1.82, 2.24) is 4.90 Å². The quantitative estimate of drug-likeness (QED) is 0.377. The van der Waals surface area contributed by atoms with Gasteiger partial charge in [0.2, 0.25) is 5.91 Å². The molecule has 1 unspecified atom stereocenters. The molecule has 3 saturated heterocycles. The monoisotopic (exact) mass is 592 g/mol. The van der Waals surface area contributed by atoms with Crippen LogP contribution in [0.1, 0.15) is 43.2 Å². The molecule has 0 aliphatic carbocycles. The molecule has 0 radical (unpaired) electrons. The Balaban J connectivity index is 1.32. The SMILES string of the molecule is C=CCOc1ccc([C@H]2CN(C)[C@@]3(C(=O)Nc4ccccc43)[C@@H]2C(=O)C[C@@H]2O[C@@H]3COC(CCC)O[C@H]3[C@H](O)[C@H]2O)cc1. The number of nitrogens with zero attached hydrogens (tertiary/aromatic N) is 1. The van der Waals surface area contributed by atoms with Crippen LogP contribution in [0.15, 0.2) is 61.2 Å². The molecule has 9 atom stereocenters. The number of hydrogen-bond acceptors (Lipinski definition) is 9. The maximum atomic E-state index is 14.5. The van der Waals surface area contributed by atoms with E-state index in [0.717, 1.165) is 17.5 Å². The second-order valence-corrected chi connectivity index (χ2v) is 11.9. The average Bonchev–Trinajstić information content (AvgIpc) is 3.49. The molecule has 43 heavy (non-hydrogen) atoms. The summed E-state index contributed by atoms with van der Waals surface area (Å²) in [6, 6.07) is 15.0. The largest absolute Gasteiger partial charge is 0.490 e.